The number of ketones is 1. The van der Waals surface area contributed by atoms with Gasteiger partial charge in [0.15, 0.2) is 5.78 Å². The molecule has 1 aromatic heterocycles. The summed E-state index contributed by atoms with van der Waals surface area (Å²) in [6.45, 7) is 3.96. The van der Waals surface area contributed by atoms with Gasteiger partial charge in [0.25, 0.3) is 0 Å². The highest BCUT2D eigenvalue weighted by molar-refractivity contribution is 7.79. The molecule has 0 aliphatic heterocycles. The third-order valence-electron chi connectivity index (χ3n) is 3.46. The molecule has 0 fully saturated rings. The second kappa shape index (κ2) is 6.59. The summed E-state index contributed by atoms with van der Waals surface area (Å²) in [5, 5.41) is 0. The molecular weight excluding hydrogens is 288 g/mol. The van der Waals surface area contributed by atoms with Crippen molar-refractivity contribution in [3.8, 4) is 0 Å². The van der Waals surface area contributed by atoms with Gasteiger partial charge in [-0.05, 0) is 24.6 Å². The first-order valence-electron chi connectivity index (χ1n) is 6.66. The van der Waals surface area contributed by atoms with Crippen molar-refractivity contribution in [3.05, 3.63) is 35.2 Å². The molecule has 2 rings (SSSR count). The minimum Gasteiger partial charge on any atom is -0.294 e. The van der Waals surface area contributed by atoms with Crippen LogP contribution in [0.25, 0.3) is 11.0 Å². The number of aromatic nitrogens is 2. The van der Waals surface area contributed by atoms with E-state index < -0.39 is 0 Å². The summed E-state index contributed by atoms with van der Waals surface area (Å²) >= 11 is 8.53. The van der Waals surface area contributed by atoms with Gasteiger partial charge in [-0.1, -0.05) is 13.8 Å². The third-order valence-corrected chi connectivity index (χ3v) is 4.06. The van der Waals surface area contributed by atoms with E-state index in [0.717, 1.165) is 28.8 Å². The Hall–Kier alpha value is -1.07. The molecule has 5 heteroatoms. The van der Waals surface area contributed by atoms with Gasteiger partial charge in [0.1, 0.15) is 0 Å². The molecule has 3 nitrogen and oxygen atoms in total. The first kappa shape index (κ1) is 15.3. The molecule has 106 valence electrons. The summed E-state index contributed by atoms with van der Waals surface area (Å²) in [5.41, 5.74) is 3.90. The van der Waals surface area contributed by atoms with Crippen LogP contribution in [0.4, 0.5) is 0 Å². The monoisotopic (exact) mass is 306 g/mol. The highest BCUT2D eigenvalue weighted by atomic mass is 32.1. The predicted molar refractivity (Wildman–Crippen MR) is 88.7 cm³/mol. The molecule has 1 unspecified atom stereocenters. The van der Waals surface area contributed by atoms with Gasteiger partial charge in [0, 0.05) is 23.0 Å². The van der Waals surface area contributed by atoms with Crippen LogP contribution in [0, 0.1) is 5.92 Å². The highest BCUT2D eigenvalue weighted by Gasteiger charge is 2.15. The van der Waals surface area contributed by atoms with E-state index in [4.69, 9.17) is 0 Å². The van der Waals surface area contributed by atoms with Crippen LogP contribution in [0.15, 0.2) is 18.2 Å². The van der Waals surface area contributed by atoms with Crippen molar-refractivity contribution in [2.45, 2.75) is 31.8 Å². The zero-order valence-electron chi connectivity index (χ0n) is 11.6. The molecule has 1 aromatic carbocycles. The van der Waals surface area contributed by atoms with Gasteiger partial charge in [-0.3, -0.25) is 4.79 Å². The van der Waals surface area contributed by atoms with Crippen molar-refractivity contribution in [1.82, 2.24) is 9.97 Å². The van der Waals surface area contributed by atoms with Gasteiger partial charge in [0.05, 0.1) is 22.4 Å². The van der Waals surface area contributed by atoms with Gasteiger partial charge in [-0.2, -0.15) is 25.3 Å². The van der Waals surface area contributed by atoms with Gasteiger partial charge >= 0.3 is 0 Å². The zero-order valence-corrected chi connectivity index (χ0v) is 13.4. The van der Waals surface area contributed by atoms with Crippen molar-refractivity contribution < 1.29 is 4.79 Å². The summed E-state index contributed by atoms with van der Waals surface area (Å²) in [6, 6.07) is 5.51. The number of fused-ring (bicyclic) bond motifs is 1. The van der Waals surface area contributed by atoms with Gasteiger partial charge < -0.3 is 0 Å². The van der Waals surface area contributed by atoms with Crippen LogP contribution < -0.4 is 0 Å². The van der Waals surface area contributed by atoms with Crippen LogP contribution in [-0.2, 0) is 11.5 Å². The Balaban J connectivity index is 2.51. The van der Waals surface area contributed by atoms with Crippen molar-refractivity contribution in [1.29, 1.82) is 0 Å². The Bertz CT molecular complexity index is 643. The fourth-order valence-electron chi connectivity index (χ4n) is 2.00. The Morgan fingerprint density at radius 1 is 1.15 bits per heavy atom. The maximum absolute atomic E-state index is 12.2. The number of thiol groups is 2. The lowest BCUT2D eigenvalue weighted by Gasteiger charge is -2.09. The quantitative estimate of drug-likeness (QED) is 0.653. The lowest BCUT2D eigenvalue weighted by Crippen LogP contribution is -2.10. The maximum atomic E-state index is 12.2. The van der Waals surface area contributed by atoms with E-state index in [0.29, 0.717) is 17.1 Å². The van der Waals surface area contributed by atoms with Crippen LogP contribution >= 0.6 is 25.3 Å². The standard InChI is InChI=1S/C15H18N2OS2/c1-3-9(2)15(18)10-4-5-11-12(6-10)17-14(8-20)13(7-19)16-11/h4-6,9,19-20H,3,7-8H2,1-2H3. The SMILES string of the molecule is CCC(C)C(=O)c1ccc2nc(CS)c(CS)nc2c1. The molecular formula is C15H18N2OS2. The van der Waals surface area contributed by atoms with Crippen LogP contribution in [-0.4, -0.2) is 15.8 Å². The van der Waals surface area contributed by atoms with Crippen molar-refractivity contribution >= 4 is 42.1 Å². The number of carbonyl (C=O) groups is 1. The first-order chi connectivity index (χ1) is 9.60. The molecule has 1 heterocycles. The molecule has 0 aliphatic rings. The Labute approximate surface area is 130 Å². The average Bonchev–Trinajstić information content (AvgIpc) is 2.51. The molecule has 0 bridgehead atoms. The molecule has 0 amide bonds. The number of hydrogen-bond donors (Lipinski definition) is 2. The van der Waals surface area contributed by atoms with Crippen molar-refractivity contribution in [2.75, 3.05) is 0 Å². The molecule has 1 atom stereocenters. The van der Waals surface area contributed by atoms with Crippen LogP contribution in [0.3, 0.4) is 0 Å². The maximum Gasteiger partial charge on any atom is 0.165 e. The van der Waals surface area contributed by atoms with E-state index in [1.807, 2.05) is 32.0 Å². The summed E-state index contributed by atoms with van der Waals surface area (Å²) in [4.78, 5) is 21.3. The van der Waals surface area contributed by atoms with E-state index >= 15 is 0 Å². The largest absolute Gasteiger partial charge is 0.294 e. The molecule has 0 N–H and O–H groups in total. The third kappa shape index (κ3) is 2.99. The Morgan fingerprint density at radius 2 is 1.75 bits per heavy atom. The first-order valence-corrected chi connectivity index (χ1v) is 7.92. The summed E-state index contributed by atoms with van der Waals surface area (Å²) in [6.07, 6.45) is 0.836. The fourth-order valence-corrected chi connectivity index (χ4v) is 2.51. The van der Waals surface area contributed by atoms with E-state index in [1.54, 1.807) is 0 Å². The lowest BCUT2D eigenvalue weighted by atomic mass is 9.97. The zero-order chi connectivity index (χ0) is 14.7. The lowest BCUT2D eigenvalue weighted by molar-refractivity contribution is 0.0927. The molecule has 0 saturated carbocycles. The number of carbonyl (C=O) groups excluding carboxylic acids is 1. The summed E-state index contributed by atoms with van der Waals surface area (Å²) < 4.78 is 0. The summed E-state index contributed by atoms with van der Waals surface area (Å²) in [7, 11) is 0. The normalized spacial score (nSPS) is 12.6. The van der Waals surface area contributed by atoms with E-state index in [2.05, 4.69) is 35.2 Å². The van der Waals surface area contributed by atoms with Crippen LogP contribution in [0.1, 0.15) is 42.0 Å². The average molecular weight is 306 g/mol. The van der Waals surface area contributed by atoms with E-state index in [9.17, 15) is 4.79 Å². The molecule has 2 aromatic rings. The minimum absolute atomic E-state index is 0.0291. The summed E-state index contributed by atoms with van der Waals surface area (Å²) in [5.74, 6) is 1.23. The fraction of sp³-hybridized carbons (Fsp3) is 0.400. The smallest absolute Gasteiger partial charge is 0.165 e. The van der Waals surface area contributed by atoms with E-state index in [-0.39, 0.29) is 11.7 Å². The topological polar surface area (TPSA) is 42.9 Å². The predicted octanol–water partition coefficient (Wildman–Crippen LogP) is 3.72. The molecule has 20 heavy (non-hydrogen) atoms. The number of nitrogens with zero attached hydrogens (tertiary/aromatic N) is 2. The van der Waals surface area contributed by atoms with Gasteiger partial charge in [-0.25, -0.2) is 9.97 Å². The van der Waals surface area contributed by atoms with Gasteiger partial charge in [0.2, 0.25) is 0 Å². The van der Waals surface area contributed by atoms with E-state index in [1.165, 1.54) is 0 Å². The number of hydrogen-bond acceptors (Lipinski definition) is 5. The van der Waals surface area contributed by atoms with Gasteiger partial charge in [-0.15, -0.1) is 0 Å². The molecule has 0 spiro atoms. The van der Waals surface area contributed by atoms with Crippen molar-refractivity contribution in [3.63, 3.8) is 0 Å². The molecule has 0 radical (unpaired) electrons. The Morgan fingerprint density at radius 3 is 2.30 bits per heavy atom. The second-order valence-corrected chi connectivity index (χ2v) is 5.44. The van der Waals surface area contributed by atoms with Crippen LogP contribution in [0.5, 0.6) is 0 Å². The molecule has 0 aliphatic carbocycles. The second-order valence-electron chi connectivity index (χ2n) is 4.81. The Kier molecular flexibility index (Phi) is 5.05. The number of benzene rings is 1. The van der Waals surface area contributed by atoms with Crippen molar-refractivity contribution in [2.24, 2.45) is 5.92 Å². The van der Waals surface area contributed by atoms with Crippen LogP contribution in [0.2, 0.25) is 0 Å². The number of rotatable bonds is 5. The minimum atomic E-state index is 0.0291. The highest BCUT2D eigenvalue weighted by Crippen LogP contribution is 2.20. The number of Topliss-reactive ketones (excluding diaryl/α,β-unsaturated/α-hetero) is 1. The molecule has 0 saturated heterocycles.